The van der Waals surface area contributed by atoms with Crippen LogP contribution in [0.4, 0.5) is 11.4 Å². The molecule has 0 fully saturated rings. The molecule has 0 aromatic heterocycles. The van der Waals surface area contributed by atoms with E-state index in [-0.39, 0.29) is 0 Å². The summed E-state index contributed by atoms with van der Waals surface area (Å²) in [6, 6.07) is 3.58. The zero-order valence-electron chi connectivity index (χ0n) is 12.4. The first kappa shape index (κ1) is 16.4. The molecule has 0 unspecified atom stereocenters. The van der Waals surface area contributed by atoms with E-state index in [0.29, 0.717) is 37.0 Å². The summed E-state index contributed by atoms with van der Waals surface area (Å²) in [5.74, 6) is 1.28. The van der Waals surface area contributed by atoms with Gasteiger partial charge in [0.05, 0.1) is 38.8 Å². The fourth-order valence-electron chi connectivity index (χ4n) is 1.69. The van der Waals surface area contributed by atoms with Gasteiger partial charge in [0.25, 0.3) is 0 Å². The van der Waals surface area contributed by atoms with Gasteiger partial charge >= 0.3 is 0 Å². The quantitative estimate of drug-likeness (QED) is 0.503. The van der Waals surface area contributed by atoms with E-state index in [1.807, 2.05) is 6.07 Å². The van der Waals surface area contributed by atoms with Crippen molar-refractivity contribution < 1.29 is 18.9 Å². The molecule has 0 aliphatic carbocycles. The third-order valence-electron chi connectivity index (χ3n) is 2.77. The van der Waals surface area contributed by atoms with Crippen LogP contribution in [0.5, 0.6) is 11.5 Å². The average Bonchev–Trinajstić information content (AvgIpc) is 2.47. The van der Waals surface area contributed by atoms with Gasteiger partial charge in [-0.15, -0.1) is 0 Å². The van der Waals surface area contributed by atoms with Crippen LogP contribution in [0, 0.1) is 0 Å². The fourth-order valence-corrected chi connectivity index (χ4v) is 1.69. The summed E-state index contributed by atoms with van der Waals surface area (Å²) >= 11 is 0. The Kier molecular flexibility index (Phi) is 7.60. The van der Waals surface area contributed by atoms with Crippen LogP contribution in [-0.2, 0) is 9.47 Å². The predicted octanol–water partition coefficient (Wildman–Crippen LogP) is 1.75. The minimum atomic E-state index is 0.620. The molecule has 0 saturated carbocycles. The Morgan fingerprint density at radius 1 is 1.00 bits per heavy atom. The monoisotopic (exact) mass is 284 g/mol. The number of rotatable bonds is 10. The Morgan fingerprint density at radius 2 is 1.70 bits per heavy atom. The zero-order valence-corrected chi connectivity index (χ0v) is 12.4. The molecule has 0 radical (unpaired) electrons. The predicted molar refractivity (Wildman–Crippen MR) is 79.8 cm³/mol. The lowest BCUT2D eigenvalue weighted by Crippen LogP contribution is -2.09. The van der Waals surface area contributed by atoms with E-state index in [4.69, 9.17) is 24.7 Å². The molecule has 1 rings (SSSR count). The normalized spacial score (nSPS) is 10.3. The molecule has 6 heteroatoms. The van der Waals surface area contributed by atoms with Gasteiger partial charge in [0, 0.05) is 32.4 Å². The molecular formula is C14H24N2O4. The number of methoxy groups -OCH3 is 3. The molecule has 20 heavy (non-hydrogen) atoms. The lowest BCUT2D eigenvalue weighted by molar-refractivity contribution is 0.0705. The molecule has 0 aliphatic rings. The van der Waals surface area contributed by atoms with Crippen molar-refractivity contribution in [2.45, 2.75) is 6.42 Å². The first-order valence-electron chi connectivity index (χ1n) is 6.55. The number of nitrogen functional groups attached to an aromatic ring is 1. The molecule has 0 spiro atoms. The van der Waals surface area contributed by atoms with Crippen molar-refractivity contribution in [1.82, 2.24) is 0 Å². The summed E-state index contributed by atoms with van der Waals surface area (Å²) in [4.78, 5) is 0. The third kappa shape index (κ3) is 5.14. The Bertz CT molecular complexity index is 399. The van der Waals surface area contributed by atoms with Crippen molar-refractivity contribution in [3.05, 3.63) is 12.1 Å². The maximum Gasteiger partial charge on any atom is 0.162 e. The van der Waals surface area contributed by atoms with Gasteiger partial charge in [-0.2, -0.15) is 0 Å². The van der Waals surface area contributed by atoms with E-state index in [0.717, 1.165) is 18.7 Å². The van der Waals surface area contributed by atoms with Crippen molar-refractivity contribution in [2.24, 2.45) is 0 Å². The van der Waals surface area contributed by atoms with Crippen LogP contribution in [0.25, 0.3) is 0 Å². The molecule has 0 bridgehead atoms. The summed E-state index contributed by atoms with van der Waals surface area (Å²) < 4.78 is 20.7. The molecule has 3 N–H and O–H groups in total. The van der Waals surface area contributed by atoms with E-state index in [1.165, 1.54) is 0 Å². The minimum absolute atomic E-state index is 0.620. The van der Waals surface area contributed by atoms with Crippen molar-refractivity contribution in [1.29, 1.82) is 0 Å². The van der Waals surface area contributed by atoms with Gasteiger partial charge < -0.3 is 30.0 Å². The molecule has 1 aromatic rings. The van der Waals surface area contributed by atoms with Crippen LogP contribution in [0.2, 0.25) is 0 Å². The van der Waals surface area contributed by atoms with Gasteiger partial charge in [0.15, 0.2) is 11.5 Å². The lowest BCUT2D eigenvalue weighted by Gasteiger charge is -2.14. The van der Waals surface area contributed by atoms with Crippen LogP contribution >= 0.6 is 0 Å². The average molecular weight is 284 g/mol. The van der Waals surface area contributed by atoms with Crippen LogP contribution in [0.1, 0.15) is 6.42 Å². The second-order valence-electron chi connectivity index (χ2n) is 4.18. The molecule has 6 nitrogen and oxygen atoms in total. The van der Waals surface area contributed by atoms with Gasteiger partial charge in [-0.05, 0) is 6.42 Å². The van der Waals surface area contributed by atoms with Gasteiger partial charge in [-0.1, -0.05) is 0 Å². The number of nitrogens with two attached hydrogens (primary N) is 1. The van der Waals surface area contributed by atoms with Crippen molar-refractivity contribution in [3.8, 4) is 11.5 Å². The van der Waals surface area contributed by atoms with E-state index in [9.17, 15) is 0 Å². The molecule has 0 amide bonds. The lowest BCUT2D eigenvalue weighted by atomic mass is 10.2. The van der Waals surface area contributed by atoms with E-state index in [2.05, 4.69) is 5.32 Å². The number of hydrogen-bond donors (Lipinski definition) is 2. The van der Waals surface area contributed by atoms with Crippen molar-refractivity contribution in [3.63, 3.8) is 0 Å². The molecule has 0 heterocycles. The molecular weight excluding hydrogens is 260 g/mol. The Labute approximate surface area is 120 Å². The number of anilines is 2. The Hall–Kier alpha value is -1.66. The molecule has 0 atom stereocenters. The number of nitrogens with one attached hydrogen (secondary N) is 1. The standard InChI is InChI=1S/C14H24N2O4/c1-17-7-8-20-6-4-5-16-12-10-14(19-3)13(18-2)9-11(12)15/h9-10,16H,4-8,15H2,1-3H3. The van der Waals surface area contributed by atoms with Crippen LogP contribution in [-0.4, -0.2) is 47.7 Å². The number of benzene rings is 1. The summed E-state index contributed by atoms with van der Waals surface area (Å²) in [6.45, 7) is 2.70. The van der Waals surface area contributed by atoms with Gasteiger partial charge in [-0.25, -0.2) is 0 Å². The molecule has 0 saturated heterocycles. The SMILES string of the molecule is COCCOCCCNc1cc(OC)c(OC)cc1N. The third-order valence-corrected chi connectivity index (χ3v) is 2.77. The van der Waals surface area contributed by atoms with Crippen LogP contribution < -0.4 is 20.5 Å². The highest BCUT2D eigenvalue weighted by Gasteiger charge is 2.08. The highest BCUT2D eigenvalue weighted by molar-refractivity contribution is 5.71. The van der Waals surface area contributed by atoms with Crippen molar-refractivity contribution in [2.75, 3.05) is 58.7 Å². The number of hydrogen-bond acceptors (Lipinski definition) is 6. The van der Waals surface area contributed by atoms with Gasteiger partial charge in [0.1, 0.15) is 0 Å². The maximum atomic E-state index is 5.96. The summed E-state index contributed by atoms with van der Waals surface area (Å²) in [6.07, 6.45) is 0.886. The van der Waals surface area contributed by atoms with E-state index in [1.54, 1.807) is 27.4 Å². The fraction of sp³-hybridized carbons (Fsp3) is 0.571. The Morgan fingerprint density at radius 3 is 2.35 bits per heavy atom. The van der Waals surface area contributed by atoms with Crippen molar-refractivity contribution >= 4 is 11.4 Å². The molecule has 114 valence electrons. The highest BCUT2D eigenvalue weighted by atomic mass is 16.5. The smallest absolute Gasteiger partial charge is 0.162 e. The van der Waals surface area contributed by atoms with Crippen LogP contribution in [0.3, 0.4) is 0 Å². The summed E-state index contributed by atoms with van der Waals surface area (Å²) in [5.41, 5.74) is 7.42. The Balaban J connectivity index is 2.40. The summed E-state index contributed by atoms with van der Waals surface area (Å²) in [7, 11) is 4.84. The summed E-state index contributed by atoms with van der Waals surface area (Å²) in [5, 5.41) is 3.26. The molecule has 1 aromatic carbocycles. The minimum Gasteiger partial charge on any atom is -0.493 e. The molecule has 0 aliphatic heterocycles. The van der Waals surface area contributed by atoms with Gasteiger partial charge in [-0.3, -0.25) is 0 Å². The first-order valence-corrected chi connectivity index (χ1v) is 6.55. The largest absolute Gasteiger partial charge is 0.493 e. The first-order chi connectivity index (χ1) is 9.72. The van der Waals surface area contributed by atoms with Crippen LogP contribution in [0.15, 0.2) is 12.1 Å². The highest BCUT2D eigenvalue weighted by Crippen LogP contribution is 2.34. The topological polar surface area (TPSA) is 75.0 Å². The second-order valence-corrected chi connectivity index (χ2v) is 4.18. The zero-order chi connectivity index (χ0) is 14.8. The number of ether oxygens (including phenoxy) is 4. The van der Waals surface area contributed by atoms with E-state index < -0.39 is 0 Å². The second kappa shape index (κ2) is 9.28. The maximum absolute atomic E-state index is 5.96. The van der Waals surface area contributed by atoms with Gasteiger partial charge in [0.2, 0.25) is 0 Å². The van der Waals surface area contributed by atoms with E-state index >= 15 is 0 Å².